The lowest BCUT2D eigenvalue weighted by atomic mass is 9.96. The molecule has 0 spiro atoms. The van der Waals surface area contributed by atoms with Crippen molar-refractivity contribution in [1.29, 1.82) is 0 Å². The SMILES string of the molecule is CCCC(=O)N1CCC[C@@H](c2nc(C)c(CC(=O)N3CCCC3)c(C)n2)C1. The van der Waals surface area contributed by atoms with Crippen LogP contribution in [0.3, 0.4) is 0 Å². The highest BCUT2D eigenvalue weighted by molar-refractivity contribution is 5.79. The highest BCUT2D eigenvalue weighted by Crippen LogP contribution is 2.26. The van der Waals surface area contributed by atoms with Gasteiger partial charge in [-0.05, 0) is 46.0 Å². The molecule has 2 amide bonds. The Hall–Kier alpha value is -1.98. The molecule has 3 heterocycles. The Morgan fingerprint density at radius 2 is 1.59 bits per heavy atom. The summed E-state index contributed by atoms with van der Waals surface area (Å²) < 4.78 is 0. The van der Waals surface area contributed by atoms with Gasteiger partial charge in [0.2, 0.25) is 11.8 Å². The van der Waals surface area contributed by atoms with Crippen molar-refractivity contribution in [2.45, 2.75) is 71.6 Å². The number of likely N-dealkylation sites (tertiary alicyclic amines) is 2. The molecule has 27 heavy (non-hydrogen) atoms. The Labute approximate surface area is 162 Å². The highest BCUT2D eigenvalue weighted by Gasteiger charge is 2.27. The number of aromatic nitrogens is 2. The van der Waals surface area contributed by atoms with Crippen molar-refractivity contribution in [3.05, 3.63) is 22.8 Å². The van der Waals surface area contributed by atoms with Gasteiger partial charge in [0.15, 0.2) is 0 Å². The number of piperidine rings is 1. The third-order valence-corrected chi connectivity index (χ3v) is 5.83. The van der Waals surface area contributed by atoms with E-state index in [1.807, 2.05) is 30.6 Å². The molecule has 148 valence electrons. The van der Waals surface area contributed by atoms with Crippen LogP contribution in [0.2, 0.25) is 0 Å². The predicted octanol–water partition coefficient (Wildman–Crippen LogP) is 2.76. The van der Waals surface area contributed by atoms with Crippen molar-refractivity contribution >= 4 is 11.8 Å². The first-order valence-corrected chi connectivity index (χ1v) is 10.4. The molecule has 1 aromatic rings. The molecule has 1 aromatic heterocycles. The minimum atomic E-state index is 0.184. The third kappa shape index (κ3) is 4.66. The fraction of sp³-hybridized carbons (Fsp3) is 0.714. The number of nitrogens with zero attached hydrogens (tertiary/aromatic N) is 4. The Balaban J connectivity index is 1.72. The monoisotopic (exact) mass is 372 g/mol. The summed E-state index contributed by atoms with van der Waals surface area (Å²) in [4.78, 5) is 38.2. The second kappa shape index (κ2) is 8.81. The lowest BCUT2D eigenvalue weighted by molar-refractivity contribution is -0.132. The summed E-state index contributed by atoms with van der Waals surface area (Å²) in [5, 5.41) is 0. The van der Waals surface area contributed by atoms with Gasteiger partial charge in [0, 0.05) is 55.5 Å². The first-order chi connectivity index (χ1) is 13.0. The topological polar surface area (TPSA) is 66.4 Å². The van der Waals surface area contributed by atoms with Gasteiger partial charge in [-0.3, -0.25) is 9.59 Å². The van der Waals surface area contributed by atoms with Crippen molar-refractivity contribution in [2.75, 3.05) is 26.2 Å². The summed E-state index contributed by atoms with van der Waals surface area (Å²) in [5.74, 6) is 1.45. The second-order valence-corrected chi connectivity index (χ2v) is 7.92. The molecule has 6 heteroatoms. The molecule has 2 fully saturated rings. The summed E-state index contributed by atoms with van der Waals surface area (Å²) in [6.07, 6.45) is 6.11. The number of rotatable bonds is 5. The van der Waals surface area contributed by atoms with Gasteiger partial charge in [-0.15, -0.1) is 0 Å². The van der Waals surface area contributed by atoms with Crippen LogP contribution >= 0.6 is 0 Å². The summed E-state index contributed by atoms with van der Waals surface area (Å²) in [6, 6.07) is 0. The minimum absolute atomic E-state index is 0.184. The van der Waals surface area contributed by atoms with Gasteiger partial charge >= 0.3 is 0 Å². The lowest BCUT2D eigenvalue weighted by Crippen LogP contribution is -2.39. The maximum Gasteiger partial charge on any atom is 0.227 e. The molecule has 0 unspecified atom stereocenters. The third-order valence-electron chi connectivity index (χ3n) is 5.83. The first-order valence-electron chi connectivity index (χ1n) is 10.4. The molecule has 3 rings (SSSR count). The Kier molecular flexibility index (Phi) is 6.45. The van der Waals surface area contributed by atoms with E-state index in [-0.39, 0.29) is 17.7 Å². The van der Waals surface area contributed by atoms with Gasteiger partial charge in [0.25, 0.3) is 0 Å². The molecule has 0 radical (unpaired) electrons. The van der Waals surface area contributed by atoms with Crippen molar-refractivity contribution in [3.63, 3.8) is 0 Å². The number of carbonyl (C=O) groups is 2. The van der Waals surface area contributed by atoms with Crippen LogP contribution in [0.15, 0.2) is 0 Å². The number of aryl methyl sites for hydroxylation is 2. The second-order valence-electron chi connectivity index (χ2n) is 7.92. The predicted molar refractivity (Wildman–Crippen MR) is 104 cm³/mol. The number of hydrogen-bond acceptors (Lipinski definition) is 4. The van der Waals surface area contributed by atoms with Crippen LogP contribution in [0.1, 0.15) is 74.1 Å². The molecular formula is C21H32N4O2. The van der Waals surface area contributed by atoms with Crippen LogP contribution in [-0.4, -0.2) is 57.8 Å². The van der Waals surface area contributed by atoms with Gasteiger partial charge in [-0.1, -0.05) is 6.92 Å². The molecule has 0 aliphatic carbocycles. The average molecular weight is 373 g/mol. The van der Waals surface area contributed by atoms with Gasteiger partial charge in [-0.2, -0.15) is 0 Å². The van der Waals surface area contributed by atoms with E-state index in [0.717, 1.165) is 74.5 Å². The summed E-state index contributed by atoms with van der Waals surface area (Å²) >= 11 is 0. The molecule has 0 saturated carbocycles. The van der Waals surface area contributed by atoms with Crippen LogP contribution in [0.4, 0.5) is 0 Å². The van der Waals surface area contributed by atoms with Crippen molar-refractivity contribution in [1.82, 2.24) is 19.8 Å². The number of carbonyl (C=O) groups excluding carboxylic acids is 2. The molecule has 0 N–H and O–H groups in total. The zero-order chi connectivity index (χ0) is 19.4. The fourth-order valence-corrected chi connectivity index (χ4v) is 4.22. The van der Waals surface area contributed by atoms with E-state index in [0.29, 0.717) is 19.4 Å². The highest BCUT2D eigenvalue weighted by atomic mass is 16.2. The largest absolute Gasteiger partial charge is 0.342 e. The van der Waals surface area contributed by atoms with E-state index in [1.54, 1.807) is 0 Å². The van der Waals surface area contributed by atoms with Gasteiger partial charge in [0.05, 0.1) is 6.42 Å². The zero-order valence-corrected chi connectivity index (χ0v) is 17.0. The fourth-order valence-electron chi connectivity index (χ4n) is 4.22. The first kappa shape index (κ1) is 19.8. The minimum Gasteiger partial charge on any atom is -0.342 e. The summed E-state index contributed by atoms with van der Waals surface area (Å²) in [7, 11) is 0. The average Bonchev–Trinajstić information content (AvgIpc) is 3.19. The standard InChI is InChI=1S/C21H32N4O2/c1-4-8-19(26)25-12-7-9-17(14-25)21-22-15(2)18(16(3)23-21)13-20(27)24-10-5-6-11-24/h17H,4-14H2,1-3H3/t17-/m1/s1. The summed E-state index contributed by atoms with van der Waals surface area (Å²) in [5.41, 5.74) is 2.77. The molecular weight excluding hydrogens is 340 g/mol. The zero-order valence-electron chi connectivity index (χ0n) is 17.0. The normalized spacial score (nSPS) is 20.2. The van der Waals surface area contributed by atoms with Gasteiger partial charge in [0.1, 0.15) is 5.82 Å². The molecule has 2 aliphatic rings. The van der Waals surface area contributed by atoms with Crippen molar-refractivity contribution < 1.29 is 9.59 Å². The van der Waals surface area contributed by atoms with E-state index in [9.17, 15) is 9.59 Å². The van der Waals surface area contributed by atoms with E-state index >= 15 is 0 Å². The Morgan fingerprint density at radius 3 is 2.22 bits per heavy atom. The van der Waals surface area contributed by atoms with Crippen molar-refractivity contribution in [2.24, 2.45) is 0 Å². The van der Waals surface area contributed by atoms with Crippen LogP contribution in [0.5, 0.6) is 0 Å². The van der Waals surface area contributed by atoms with Crippen molar-refractivity contribution in [3.8, 4) is 0 Å². The quantitative estimate of drug-likeness (QED) is 0.797. The molecule has 2 saturated heterocycles. The van der Waals surface area contributed by atoms with Crippen LogP contribution in [0.25, 0.3) is 0 Å². The van der Waals surface area contributed by atoms with E-state index in [2.05, 4.69) is 0 Å². The molecule has 2 aliphatic heterocycles. The van der Waals surface area contributed by atoms with Gasteiger partial charge in [-0.25, -0.2) is 9.97 Å². The van der Waals surface area contributed by atoms with Crippen LogP contribution < -0.4 is 0 Å². The number of hydrogen-bond donors (Lipinski definition) is 0. The molecule has 0 bridgehead atoms. The smallest absolute Gasteiger partial charge is 0.227 e. The Morgan fingerprint density at radius 1 is 0.963 bits per heavy atom. The maximum absolute atomic E-state index is 12.5. The maximum atomic E-state index is 12.5. The molecule has 1 atom stereocenters. The molecule has 0 aromatic carbocycles. The van der Waals surface area contributed by atoms with E-state index < -0.39 is 0 Å². The number of amides is 2. The van der Waals surface area contributed by atoms with Crippen LogP contribution in [0, 0.1) is 13.8 Å². The van der Waals surface area contributed by atoms with E-state index in [4.69, 9.17) is 9.97 Å². The van der Waals surface area contributed by atoms with Crippen LogP contribution in [-0.2, 0) is 16.0 Å². The Bertz CT molecular complexity index is 674. The van der Waals surface area contributed by atoms with Gasteiger partial charge < -0.3 is 9.80 Å². The summed E-state index contributed by atoms with van der Waals surface area (Å²) in [6.45, 7) is 9.30. The molecule has 6 nitrogen and oxygen atoms in total. The van der Waals surface area contributed by atoms with E-state index in [1.165, 1.54) is 0 Å². The lowest BCUT2D eigenvalue weighted by Gasteiger charge is -2.32.